The molecule has 0 radical (unpaired) electrons. The Kier molecular flexibility index (Phi) is 7.10. The van der Waals surface area contributed by atoms with Crippen molar-refractivity contribution in [1.82, 2.24) is 4.90 Å². The maximum absolute atomic E-state index is 13.2. The molecule has 0 unspecified atom stereocenters. The van der Waals surface area contributed by atoms with Gasteiger partial charge in [-0.15, -0.1) is 0 Å². The second-order valence-electron chi connectivity index (χ2n) is 8.78. The molecule has 2 fully saturated rings. The van der Waals surface area contributed by atoms with E-state index in [-0.39, 0.29) is 6.04 Å². The number of rotatable bonds is 6. The van der Waals surface area contributed by atoms with Crippen LogP contribution in [0.2, 0.25) is 0 Å². The summed E-state index contributed by atoms with van der Waals surface area (Å²) in [6.45, 7) is 10.8. The predicted octanol–water partition coefficient (Wildman–Crippen LogP) is -0.284. The molecule has 2 saturated heterocycles. The average Bonchev–Trinajstić information content (AvgIpc) is 2.84. The Balaban J connectivity index is 1.26. The Labute approximate surface area is 186 Å². The molecule has 2 aliphatic rings. The minimum absolute atomic E-state index is 0.0236. The summed E-state index contributed by atoms with van der Waals surface area (Å²) in [6, 6.07) is 18.9. The molecule has 166 valence electrons. The van der Waals surface area contributed by atoms with Crippen LogP contribution in [0.15, 0.2) is 54.6 Å². The topological polar surface area (TPSA) is 41.7 Å². The first kappa shape index (κ1) is 21.7. The number of para-hydroxylation sites is 2. The van der Waals surface area contributed by atoms with Crippen molar-refractivity contribution in [2.24, 2.45) is 0 Å². The predicted molar refractivity (Wildman–Crippen MR) is 123 cm³/mol. The Morgan fingerprint density at radius 3 is 2.26 bits per heavy atom. The maximum atomic E-state index is 13.2. The Morgan fingerprint density at radius 2 is 1.58 bits per heavy atom. The molecule has 1 amide bonds. The second-order valence-corrected chi connectivity index (χ2v) is 8.78. The first-order valence-corrected chi connectivity index (χ1v) is 11.5. The molecule has 2 N–H and O–H groups in total. The molecular weight excluding hydrogens is 388 g/mol. The Morgan fingerprint density at radius 1 is 0.935 bits per heavy atom. The Hall–Kier alpha value is -2.57. The fraction of sp³-hybridized carbons (Fsp3) is 0.480. The molecule has 0 aliphatic carbocycles. The number of carbonyl (C=O) groups excluding carboxylic acids is 1. The van der Waals surface area contributed by atoms with Crippen LogP contribution in [0.3, 0.4) is 0 Å². The molecule has 0 spiro atoms. The third-order valence-corrected chi connectivity index (χ3v) is 6.89. The largest absolute Gasteiger partial charge is 0.495 e. The summed E-state index contributed by atoms with van der Waals surface area (Å²) in [7, 11) is 1.72. The van der Waals surface area contributed by atoms with Gasteiger partial charge in [-0.25, -0.2) is 0 Å². The van der Waals surface area contributed by atoms with E-state index in [1.165, 1.54) is 10.5 Å². The standard InChI is InChI=1S/C25H34N4O2/c1-21(27-16-18-28(19-17-27)23-10-6-7-11-24(23)31-2)25(30)29-14-12-26(13-15-29)20-22-8-4-3-5-9-22/h3-11,21H,12-20H2,1-2H3/p+2/t21-/m0/s1. The first-order chi connectivity index (χ1) is 15.2. The van der Waals surface area contributed by atoms with E-state index in [4.69, 9.17) is 4.74 Å². The molecule has 6 nitrogen and oxygen atoms in total. The minimum Gasteiger partial charge on any atom is -0.495 e. The van der Waals surface area contributed by atoms with Crippen molar-refractivity contribution in [3.05, 3.63) is 60.2 Å². The highest BCUT2D eigenvalue weighted by Crippen LogP contribution is 2.27. The molecule has 2 aromatic carbocycles. The number of piperazine rings is 2. The maximum Gasteiger partial charge on any atom is 0.280 e. The van der Waals surface area contributed by atoms with Crippen LogP contribution in [-0.4, -0.2) is 76.3 Å². The smallest absolute Gasteiger partial charge is 0.280 e. The number of nitrogens with one attached hydrogen (secondary N) is 2. The van der Waals surface area contributed by atoms with Crippen LogP contribution in [0.25, 0.3) is 0 Å². The van der Waals surface area contributed by atoms with E-state index in [1.54, 1.807) is 12.0 Å². The van der Waals surface area contributed by atoms with Gasteiger partial charge in [0.25, 0.3) is 5.91 Å². The number of methoxy groups -OCH3 is 1. The van der Waals surface area contributed by atoms with Gasteiger partial charge in [-0.3, -0.25) is 4.79 Å². The van der Waals surface area contributed by atoms with Crippen LogP contribution >= 0.6 is 0 Å². The third-order valence-electron chi connectivity index (χ3n) is 6.89. The molecular formula is C25H36N4O2+2. The summed E-state index contributed by atoms with van der Waals surface area (Å²) >= 11 is 0. The molecule has 1 atom stereocenters. The number of ether oxygens (including phenoxy) is 1. The molecule has 0 aromatic heterocycles. The molecule has 6 heteroatoms. The lowest BCUT2D eigenvalue weighted by molar-refractivity contribution is -0.920. The molecule has 4 rings (SSSR count). The van der Waals surface area contributed by atoms with Gasteiger partial charge in [0.15, 0.2) is 6.04 Å². The fourth-order valence-corrected chi connectivity index (χ4v) is 4.91. The highest BCUT2D eigenvalue weighted by atomic mass is 16.5. The highest BCUT2D eigenvalue weighted by Gasteiger charge is 2.34. The zero-order valence-electron chi connectivity index (χ0n) is 18.8. The van der Waals surface area contributed by atoms with Crippen molar-refractivity contribution in [2.75, 3.05) is 64.4 Å². The lowest BCUT2D eigenvalue weighted by atomic mass is 10.1. The van der Waals surface area contributed by atoms with Crippen molar-refractivity contribution in [3.8, 4) is 5.75 Å². The van der Waals surface area contributed by atoms with Crippen LogP contribution in [0.4, 0.5) is 5.69 Å². The number of nitrogens with zero attached hydrogens (tertiary/aromatic N) is 2. The number of quaternary nitrogens is 2. The van der Waals surface area contributed by atoms with E-state index in [0.717, 1.165) is 70.3 Å². The molecule has 2 heterocycles. The number of benzene rings is 2. The Bertz CT molecular complexity index is 844. The van der Waals surface area contributed by atoms with Crippen LogP contribution in [0.1, 0.15) is 12.5 Å². The van der Waals surface area contributed by atoms with Crippen LogP contribution in [0.5, 0.6) is 5.75 Å². The zero-order valence-corrected chi connectivity index (χ0v) is 18.8. The van der Waals surface area contributed by atoms with Crippen LogP contribution in [0, 0.1) is 0 Å². The average molecular weight is 425 g/mol. The lowest BCUT2D eigenvalue weighted by Gasteiger charge is -2.39. The number of anilines is 1. The molecule has 2 aliphatic heterocycles. The van der Waals surface area contributed by atoms with Gasteiger partial charge in [-0.2, -0.15) is 0 Å². The van der Waals surface area contributed by atoms with E-state index in [9.17, 15) is 4.79 Å². The normalized spacial score (nSPS) is 19.3. The van der Waals surface area contributed by atoms with E-state index in [1.807, 2.05) is 12.1 Å². The summed E-state index contributed by atoms with van der Waals surface area (Å²) in [5, 5.41) is 0. The number of amides is 1. The number of carbonyl (C=O) groups is 1. The van der Waals surface area contributed by atoms with Gasteiger partial charge in [0.05, 0.1) is 65.2 Å². The third kappa shape index (κ3) is 5.20. The van der Waals surface area contributed by atoms with Gasteiger partial charge in [-0.1, -0.05) is 42.5 Å². The van der Waals surface area contributed by atoms with E-state index in [0.29, 0.717) is 5.91 Å². The van der Waals surface area contributed by atoms with E-state index < -0.39 is 0 Å². The monoisotopic (exact) mass is 424 g/mol. The first-order valence-electron chi connectivity index (χ1n) is 11.5. The van der Waals surface area contributed by atoms with Gasteiger partial charge in [-0.05, 0) is 19.1 Å². The van der Waals surface area contributed by atoms with Gasteiger partial charge < -0.3 is 24.3 Å². The van der Waals surface area contributed by atoms with Gasteiger partial charge in [0.2, 0.25) is 0 Å². The SMILES string of the molecule is COc1ccccc1N1CC[NH+]([C@@H](C)C(=O)N2CC[NH+](Cc3ccccc3)CC2)CC1. The number of hydrogen-bond acceptors (Lipinski definition) is 3. The summed E-state index contributed by atoms with van der Waals surface area (Å²) in [5.41, 5.74) is 2.53. The minimum atomic E-state index is 0.0236. The summed E-state index contributed by atoms with van der Waals surface area (Å²) < 4.78 is 5.53. The summed E-state index contributed by atoms with van der Waals surface area (Å²) in [5.74, 6) is 1.24. The van der Waals surface area contributed by atoms with E-state index >= 15 is 0 Å². The van der Waals surface area contributed by atoms with Crippen molar-refractivity contribution in [1.29, 1.82) is 0 Å². The molecule has 0 saturated carbocycles. The van der Waals surface area contributed by atoms with Crippen LogP contribution < -0.4 is 19.4 Å². The molecule has 0 bridgehead atoms. The second kappa shape index (κ2) is 10.2. The van der Waals surface area contributed by atoms with E-state index in [2.05, 4.69) is 59.2 Å². The summed E-state index contributed by atoms with van der Waals surface area (Å²) in [4.78, 5) is 20.6. The van der Waals surface area contributed by atoms with Crippen molar-refractivity contribution >= 4 is 11.6 Å². The van der Waals surface area contributed by atoms with Gasteiger partial charge >= 0.3 is 0 Å². The number of hydrogen-bond donors (Lipinski definition) is 2. The van der Waals surface area contributed by atoms with Crippen molar-refractivity contribution in [2.45, 2.75) is 19.5 Å². The van der Waals surface area contributed by atoms with Gasteiger partial charge in [0.1, 0.15) is 12.3 Å². The molecule has 31 heavy (non-hydrogen) atoms. The van der Waals surface area contributed by atoms with Crippen molar-refractivity contribution < 1.29 is 19.3 Å². The quantitative estimate of drug-likeness (QED) is 0.670. The highest BCUT2D eigenvalue weighted by molar-refractivity contribution is 5.80. The molecule has 2 aromatic rings. The fourth-order valence-electron chi connectivity index (χ4n) is 4.91. The van der Waals surface area contributed by atoms with Crippen LogP contribution in [-0.2, 0) is 11.3 Å². The summed E-state index contributed by atoms with van der Waals surface area (Å²) in [6.07, 6.45) is 0. The van der Waals surface area contributed by atoms with Crippen molar-refractivity contribution in [3.63, 3.8) is 0 Å². The van der Waals surface area contributed by atoms with Gasteiger partial charge in [0, 0.05) is 5.56 Å². The zero-order chi connectivity index (χ0) is 21.6. The lowest BCUT2D eigenvalue weighted by Crippen LogP contribution is -3.19.